The van der Waals surface area contributed by atoms with Crippen molar-refractivity contribution < 1.29 is 48.3 Å². The normalized spacial score (nSPS) is 31.3. The number of aromatic amines is 1. The fraction of sp³-hybridized carbons (Fsp3) is 0.552. The number of rotatable bonds is 12. The summed E-state index contributed by atoms with van der Waals surface area (Å²) < 4.78 is 23.9. The van der Waals surface area contributed by atoms with E-state index in [-0.39, 0.29) is 23.9 Å². The van der Waals surface area contributed by atoms with Crippen LogP contribution in [-0.4, -0.2) is 152 Å². The maximum Gasteiger partial charge on any atom is 0.344 e. The van der Waals surface area contributed by atoms with Gasteiger partial charge >= 0.3 is 17.9 Å². The molecule has 5 aliphatic heterocycles. The predicted octanol–water partition coefficient (Wildman–Crippen LogP) is 5.04. The van der Waals surface area contributed by atoms with Gasteiger partial charge in [-0.2, -0.15) is 0 Å². The van der Waals surface area contributed by atoms with Gasteiger partial charge in [-0.25, -0.2) is 4.79 Å². The summed E-state index contributed by atoms with van der Waals surface area (Å²) in [6, 6.07) is 18.7. The van der Waals surface area contributed by atoms with Crippen molar-refractivity contribution in [1.29, 1.82) is 0 Å². The fourth-order valence-corrected chi connectivity index (χ4v) is 14.8. The van der Waals surface area contributed by atoms with E-state index in [0.717, 1.165) is 45.5 Å². The molecule has 404 valence electrons. The lowest BCUT2D eigenvalue weighted by Gasteiger charge is -2.63. The number of methoxy groups -OCH3 is 3. The number of carbonyl (C=O) groups is 4. The highest BCUT2D eigenvalue weighted by atomic mass is 16.6. The average molecular weight is 1030 g/mol. The number of nitrogens with one attached hydrogen (secondary N) is 4. The van der Waals surface area contributed by atoms with Crippen molar-refractivity contribution in [2.24, 2.45) is 11.3 Å². The van der Waals surface area contributed by atoms with Crippen LogP contribution in [0.3, 0.4) is 0 Å². The lowest BCUT2D eigenvalue weighted by molar-refractivity contribution is -0.228. The summed E-state index contributed by atoms with van der Waals surface area (Å²) in [7, 11) is 7.98. The van der Waals surface area contributed by atoms with Gasteiger partial charge in [0.25, 0.3) is 5.91 Å². The second kappa shape index (κ2) is 20.6. The molecule has 0 radical (unpaired) electrons. The summed E-state index contributed by atoms with van der Waals surface area (Å²) in [6.07, 6.45) is 5.94. The molecule has 1 aliphatic carbocycles. The summed E-state index contributed by atoms with van der Waals surface area (Å²) in [4.78, 5) is 64.8. The lowest BCUT2D eigenvalue weighted by atomic mass is 9.47. The maximum absolute atomic E-state index is 15.3. The number of aliphatic hydroxyl groups is 2. The first kappa shape index (κ1) is 54.0. The number of likely N-dealkylation sites (N-methyl/N-ethyl adjacent to an activating group) is 1. The van der Waals surface area contributed by atoms with Crippen molar-refractivity contribution in [2.75, 3.05) is 73.0 Å². The Morgan fingerprint density at radius 1 is 0.907 bits per heavy atom. The number of piperidine rings is 1. The van der Waals surface area contributed by atoms with Crippen LogP contribution in [0.5, 0.6) is 5.75 Å². The van der Waals surface area contributed by atoms with Gasteiger partial charge in [0.2, 0.25) is 5.60 Å². The molecule has 2 bridgehead atoms. The number of hydrogen-bond donors (Lipinski definition) is 6. The molecule has 6 aliphatic rings. The number of amides is 1. The molecule has 1 spiro atoms. The molecule has 1 amide bonds. The van der Waals surface area contributed by atoms with Crippen LogP contribution in [0, 0.1) is 11.3 Å². The number of H-pyrrole nitrogens is 1. The van der Waals surface area contributed by atoms with Gasteiger partial charge < -0.3 is 44.4 Å². The Kier molecular flexibility index (Phi) is 14.8. The third-order valence-electron chi connectivity index (χ3n) is 17.7. The highest BCUT2D eigenvalue weighted by Gasteiger charge is 2.80. The van der Waals surface area contributed by atoms with Crippen molar-refractivity contribution >= 4 is 40.4 Å². The number of fused-ring (bicyclic) bond motifs is 6. The Bertz CT molecular complexity index is 2850. The number of benzene rings is 3. The molecule has 1 saturated carbocycles. The van der Waals surface area contributed by atoms with Crippen LogP contribution in [0.2, 0.25) is 0 Å². The highest BCUT2D eigenvalue weighted by molar-refractivity contribution is 5.95. The van der Waals surface area contributed by atoms with E-state index in [4.69, 9.17) is 18.9 Å². The summed E-state index contributed by atoms with van der Waals surface area (Å²) in [5.74, 6) is -1.59. The van der Waals surface area contributed by atoms with Gasteiger partial charge in [0, 0.05) is 109 Å². The van der Waals surface area contributed by atoms with Gasteiger partial charge in [0.15, 0.2) is 6.10 Å². The number of nitrogens with zero attached hydrogens (tertiary/aromatic N) is 3. The number of esters is 3. The minimum absolute atomic E-state index is 0.0249. The molecule has 75 heavy (non-hydrogen) atoms. The minimum atomic E-state index is -2.30. The predicted molar refractivity (Wildman–Crippen MR) is 285 cm³/mol. The van der Waals surface area contributed by atoms with Gasteiger partial charge in [-0.15, -0.1) is 0 Å². The van der Waals surface area contributed by atoms with Crippen molar-refractivity contribution in [3.63, 3.8) is 0 Å². The van der Waals surface area contributed by atoms with Crippen LogP contribution in [0.25, 0.3) is 10.9 Å². The van der Waals surface area contributed by atoms with E-state index in [1.54, 1.807) is 7.11 Å². The largest absolute Gasteiger partial charge is 0.496 e. The van der Waals surface area contributed by atoms with E-state index in [1.807, 2.05) is 95.2 Å². The molecule has 10 rings (SSSR count). The van der Waals surface area contributed by atoms with E-state index < -0.39 is 57.5 Å². The molecule has 6 N–H and O–H groups in total. The number of hydrogen-bond acceptors (Lipinski definition) is 15. The molecule has 3 fully saturated rings. The smallest absolute Gasteiger partial charge is 0.344 e. The summed E-state index contributed by atoms with van der Waals surface area (Å²) in [5.41, 5.74) is 6.05. The van der Waals surface area contributed by atoms with Crippen LogP contribution in [0.1, 0.15) is 105 Å². The Hall–Kier alpha value is -5.82. The zero-order valence-corrected chi connectivity index (χ0v) is 45.3. The van der Waals surface area contributed by atoms with Gasteiger partial charge in [-0.1, -0.05) is 56.3 Å². The molecule has 17 heteroatoms. The molecular weight excluding hydrogens is 955 g/mol. The third-order valence-corrected chi connectivity index (χ3v) is 17.7. The van der Waals surface area contributed by atoms with Gasteiger partial charge in [0.1, 0.15) is 11.2 Å². The number of hydrazine groups is 1. The topological polar surface area (TPSA) is 207 Å². The minimum Gasteiger partial charge on any atom is -0.496 e. The fourth-order valence-electron chi connectivity index (χ4n) is 14.8. The molecule has 10 atom stereocenters. The average Bonchev–Trinajstić information content (AvgIpc) is 4.14. The number of carbonyl (C=O) groups excluding carboxylic acids is 4. The molecule has 17 nitrogen and oxygen atoms in total. The maximum atomic E-state index is 15.3. The molecule has 1 aromatic heterocycles. The van der Waals surface area contributed by atoms with Crippen LogP contribution in [0.4, 0.5) is 5.69 Å². The van der Waals surface area contributed by atoms with Crippen LogP contribution >= 0.6 is 0 Å². The molecule has 3 aromatic carbocycles. The van der Waals surface area contributed by atoms with Crippen molar-refractivity contribution in [2.45, 2.75) is 126 Å². The Morgan fingerprint density at radius 3 is 2.29 bits per heavy atom. The van der Waals surface area contributed by atoms with Gasteiger partial charge in [0.05, 0.1) is 33.0 Å². The zero-order valence-electron chi connectivity index (χ0n) is 45.3. The summed E-state index contributed by atoms with van der Waals surface area (Å²) in [5, 5.41) is 29.2. The zero-order chi connectivity index (χ0) is 53.8. The second-order valence-electron chi connectivity index (χ2n) is 22.1. The van der Waals surface area contributed by atoms with E-state index in [9.17, 15) is 24.6 Å². The van der Waals surface area contributed by atoms with E-state index in [1.165, 1.54) is 21.1 Å². The molecular formula is C58H77N7O10. The SMILES string of the molecule is CC[C@]1(O)C[C@@H]2C[N@@](CCc3c([nH]c4ccccc34)[C@@](C(=O)OC)(c3cc4c(cc3OC)N(C)[C@H]3[C@@](O)(C(=O)OC)[C@H](OC(C)=O)[C@]5(CC)C=CCN6CC[C@]43[C@@H]65)C2)C1.CNNCc1ccc(C(=O)NC(C)C)cc1. The summed E-state index contributed by atoms with van der Waals surface area (Å²) in [6.45, 7) is 13.3. The van der Waals surface area contributed by atoms with Gasteiger partial charge in [-0.3, -0.25) is 35.0 Å². The monoisotopic (exact) mass is 1030 g/mol. The first-order valence-electron chi connectivity index (χ1n) is 26.6. The van der Waals surface area contributed by atoms with Crippen LogP contribution < -0.4 is 25.8 Å². The van der Waals surface area contributed by atoms with E-state index in [2.05, 4.69) is 55.2 Å². The molecule has 0 unspecified atom stereocenters. The van der Waals surface area contributed by atoms with Crippen LogP contribution in [-0.2, 0) is 52.4 Å². The van der Waals surface area contributed by atoms with Crippen molar-refractivity contribution in [1.82, 2.24) is 31.0 Å². The highest BCUT2D eigenvalue weighted by Crippen LogP contribution is 2.68. The molecule has 4 aromatic rings. The number of ether oxygens (including phenoxy) is 4. The first-order valence-corrected chi connectivity index (χ1v) is 26.6. The Morgan fingerprint density at radius 2 is 1.64 bits per heavy atom. The van der Waals surface area contributed by atoms with Gasteiger partial charge in [-0.05, 0) is 113 Å². The molecule has 6 heterocycles. The first-order chi connectivity index (χ1) is 35.9. The van der Waals surface area contributed by atoms with E-state index >= 15 is 4.79 Å². The number of aromatic nitrogens is 1. The lowest BCUT2D eigenvalue weighted by Crippen LogP contribution is -2.81. The number of anilines is 1. The quantitative estimate of drug-likeness (QED) is 0.0476. The summed E-state index contributed by atoms with van der Waals surface area (Å²) >= 11 is 0. The Labute approximate surface area is 440 Å². The third kappa shape index (κ3) is 8.61. The number of para-hydroxylation sites is 1. The molecule has 2 saturated heterocycles. The van der Waals surface area contributed by atoms with Crippen molar-refractivity contribution in [3.8, 4) is 5.75 Å². The standard InChI is InChI=1S/C46H58N4O9.C12H19N3O/c1-8-42(54)23-28-24-45(40(52)57-6,36-30(15-19-49(25-28)26-42)29-13-10-11-14-33(29)47-36)32-21-31-34(22-35(32)56-5)48(4)38-44(31)17-20-50-18-12-16-43(9-2,37(44)50)39(59-27(3)51)46(38,55)41(53)58-7;1-9(2)15-12(16)11-6-4-10(5-7-11)8-14-13-3/h10-14,16,21-22,28,37-39,47,54-55H,8-9,15,17-20,23-26H2,1-7H3;4-7,9,13-14H,8H2,1-3H3,(H,15,16)/t28-,37-,38+,39+,42-,43+,44+,45-,46-;/m0./s1. The second-order valence-corrected chi connectivity index (χ2v) is 22.1. The Balaban J connectivity index is 0.000000370. The van der Waals surface area contributed by atoms with Crippen molar-refractivity contribution in [3.05, 3.63) is 106 Å². The van der Waals surface area contributed by atoms with Crippen LogP contribution in [0.15, 0.2) is 72.8 Å². The van der Waals surface area contributed by atoms with E-state index in [0.29, 0.717) is 88.1 Å².